The zero-order valence-electron chi connectivity index (χ0n) is 10.4. The standard InChI is InChI=1S/C12H16BrN3O2/c1-16(2)11(17)5-6-15-12(18)8-3-4-9(13)10(14)7-8/h3-4,7H,5-6,14H2,1-2H3,(H,15,18). The van der Waals surface area contributed by atoms with Crippen molar-refractivity contribution in [2.75, 3.05) is 26.4 Å². The fourth-order valence-corrected chi connectivity index (χ4v) is 1.54. The summed E-state index contributed by atoms with van der Waals surface area (Å²) in [7, 11) is 3.36. The van der Waals surface area contributed by atoms with Gasteiger partial charge in [0.05, 0.1) is 0 Å². The second kappa shape index (κ2) is 6.39. The van der Waals surface area contributed by atoms with Crippen LogP contribution in [0, 0.1) is 0 Å². The summed E-state index contributed by atoms with van der Waals surface area (Å²) in [6.07, 6.45) is 0.282. The van der Waals surface area contributed by atoms with Gasteiger partial charge in [0.2, 0.25) is 5.91 Å². The Morgan fingerprint density at radius 1 is 1.39 bits per heavy atom. The third-order valence-electron chi connectivity index (χ3n) is 2.38. The highest BCUT2D eigenvalue weighted by atomic mass is 79.9. The van der Waals surface area contributed by atoms with Crippen LogP contribution in [0.3, 0.4) is 0 Å². The average Bonchev–Trinajstić information content (AvgIpc) is 2.32. The van der Waals surface area contributed by atoms with Crippen molar-refractivity contribution >= 4 is 33.4 Å². The molecule has 0 atom stereocenters. The van der Waals surface area contributed by atoms with E-state index in [0.717, 1.165) is 4.47 Å². The molecule has 0 aromatic heterocycles. The Kier molecular flexibility index (Phi) is 5.15. The number of hydrogen-bond donors (Lipinski definition) is 2. The van der Waals surface area contributed by atoms with Gasteiger partial charge in [-0.1, -0.05) is 0 Å². The van der Waals surface area contributed by atoms with Crippen molar-refractivity contribution < 1.29 is 9.59 Å². The Bertz CT molecular complexity index is 461. The fourth-order valence-electron chi connectivity index (χ4n) is 1.29. The van der Waals surface area contributed by atoms with Gasteiger partial charge in [-0.15, -0.1) is 0 Å². The number of nitrogen functional groups attached to an aromatic ring is 1. The minimum absolute atomic E-state index is 0.0226. The molecule has 0 saturated carbocycles. The summed E-state index contributed by atoms with van der Waals surface area (Å²) in [6.45, 7) is 0.311. The largest absolute Gasteiger partial charge is 0.398 e. The van der Waals surface area contributed by atoms with E-state index in [4.69, 9.17) is 5.73 Å². The van der Waals surface area contributed by atoms with Crippen molar-refractivity contribution in [2.45, 2.75) is 6.42 Å². The molecule has 1 aromatic carbocycles. The Balaban J connectivity index is 2.50. The molecular weight excluding hydrogens is 298 g/mol. The summed E-state index contributed by atoms with van der Waals surface area (Å²) in [5.74, 6) is -0.258. The van der Waals surface area contributed by atoms with Gasteiger partial charge in [0, 0.05) is 42.8 Å². The van der Waals surface area contributed by atoms with Gasteiger partial charge in [-0.2, -0.15) is 0 Å². The van der Waals surface area contributed by atoms with Crippen molar-refractivity contribution in [1.29, 1.82) is 0 Å². The van der Waals surface area contributed by atoms with E-state index in [1.807, 2.05) is 0 Å². The molecule has 1 aromatic rings. The van der Waals surface area contributed by atoms with E-state index in [0.29, 0.717) is 17.8 Å². The predicted molar refractivity (Wildman–Crippen MR) is 74.2 cm³/mol. The predicted octanol–water partition coefficient (Wildman–Crippen LogP) is 1.24. The fraction of sp³-hybridized carbons (Fsp3) is 0.333. The summed E-state index contributed by atoms with van der Waals surface area (Å²) in [5, 5.41) is 2.67. The number of rotatable bonds is 4. The minimum Gasteiger partial charge on any atom is -0.398 e. The smallest absolute Gasteiger partial charge is 0.251 e. The number of amides is 2. The Hall–Kier alpha value is -1.56. The highest BCUT2D eigenvalue weighted by molar-refractivity contribution is 9.10. The zero-order chi connectivity index (χ0) is 13.7. The number of anilines is 1. The SMILES string of the molecule is CN(C)C(=O)CCNC(=O)c1ccc(Br)c(N)c1. The van der Waals surface area contributed by atoms with Crippen molar-refractivity contribution in [3.63, 3.8) is 0 Å². The van der Waals surface area contributed by atoms with Gasteiger partial charge in [0.15, 0.2) is 0 Å². The number of nitrogens with zero attached hydrogens (tertiary/aromatic N) is 1. The van der Waals surface area contributed by atoms with Crippen LogP contribution in [-0.2, 0) is 4.79 Å². The van der Waals surface area contributed by atoms with Gasteiger partial charge in [-0.3, -0.25) is 9.59 Å². The lowest BCUT2D eigenvalue weighted by Gasteiger charge is -2.10. The molecule has 98 valence electrons. The number of carbonyl (C=O) groups is 2. The van der Waals surface area contributed by atoms with E-state index in [1.54, 1.807) is 32.3 Å². The van der Waals surface area contributed by atoms with E-state index < -0.39 is 0 Å². The minimum atomic E-state index is -0.235. The summed E-state index contributed by atoms with van der Waals surface area (Å²) in [5.41, 5.74) is 6.67. The molecule has 5 nitrogen and oxygen atoms in total. The first-order valence-electron chi connectivity index (χ1n) is 5.45. The molecule has 0 radical (unpaired) electrons. The van der Waals surface area contributed by atoms with Gasteiger partial charge in [-0.25, -0.2) is 0 Å². The van der Waals surface area contributed by atoms with Crippen LogP contribution < -0.4 is 11.1 Å². The normalized spacial score (nSPS) is 9.94. The Morgan fingerprint density at radius 2 is 2.06 bits per heavy atom. The summed E-state index contributed by atoms with van der Waals surface area (Å²) in [6, 6.07) is 4.98. The molecule has 0 saturated heterocycles. The van der Waals surface area contributed by atoms with E-state index in [-0.39, 0.29) is 18.2 Å². The van der Waals surface area contributed by atoms with Crippen LogP contribution in [0.5, 0.6) is 0 Å². The number of nitrogens with one attached hydrogen (secondary N) is 1. The molecule has 0 heterocycles. The van der Waals surface area contributed by atoms with E-state index in [1.165, 1.54) is 4.90 Å². The lowest BCUT2D eigenvalue weighted by atomic mass is 10.2. The second-order valence-corrected chi connectivity index (χ2v) is 4.88. The van der Waals surface area contributed by atoms with Gasteiger partial charge in [-0.05, 0) is 34.1 Å². The molecule has 0 unspecified atom stereocenters. The molecule has 2 amide bonds. The monoisotopic (exact) mass is 313 g/mol. The first-order valence-corrected chi connectivity index (χ1v) is 6.24. The molecule has 0 bridgehead atoms. The maximum atomic E-state index is 11.8. The van der Waals surface area contributed by atoms with Crippen LogP contribution in [0.2, 0.25) is 0 Å². The molecule has 18 heavy (non-hydrogen) atoms. The summed E-state index contributed by atoms with van der Waals surface area (Å²) >= 11 is 3.26. The average molecular weight is 314 g/mol. The van der Waals surface area contributed by atoms with E-state index >= 15 is 0 Å². The number of carbonyl (C=O) groups excluding carboxylic acids is 2. The Morgan fingerprint density at radius 3 is 2.61 bits per heavy atom. The molecule has 0 fully saturated rings. The van der Waals surface area contributed by atoms with Gasteiger partial charge < -0.3 is 16.0 Å². The quantitative estimate of drug-likeness (QED) is 0.821. The maximum absolute atomic E-state index is 11.8. The van der Waals surface area contributed by atoms with Crippen LogP contribution in [-0.4, -0.2) is 37.4 Å². The summed E-state index contributed by atoms with van der Waals surface area (Å²) in [4.78, 5) is 24.6. The highest BCUT2D eigenvalue weighted by Crippen LogP contribution is 2.19. The number of benzene rings is 1. The van der Waals surface area contributed by atoms with Gasteiger partial charge in [0.25, 0.3) is 5.91 Å². The molecular formula is C12H16BrN3O2. The van der Waals surface area contributed by atoms with Gasteiger partial charge in [0.1, 0.15) is 0 Å². The molecule has 1 rings (SSSR count). The maximum Gasteiger partial charge on any atom is 0.251 e. The third-order valence-corrected chi connectivity index (χ3v) is 3.10. The topological polar surface area (TPSA) is 75.4 Å². The zero-order valence-corrected chi connectivity index (χ0v) is 12.0. The molecule has 3 N–H and O–H groups in total. The first kappa shape index (κ1) is 14.5. The van der Waals surface area contributed by atoms with E-state index in [9.17, 15) is 9.59 Å². The lowest BCUT2D eigenvalue weighted by Crippen LogP contribution is -2.30. The van der Waals surface area contributed by atoms with Crippen molar-refractivity contribution in [1.82, 2.24) is 10.2 Å². The summed E-state index contributed by atoms with van der Waals surface area (Å²) < 4.78 is 0.752. The number of halogens is 1. The van der Waals surface area contributed by atoms with Crippen LogP contribution in [0.4, 0.5) is 5.69 Å². The van der Waals surface area contributed by atoms with Crippen molar-refractivity contribution in [3.05, 3.63) is 28.2 Å². The van der Waals surface area contributed by atoms with Crippen LogP contribution >= 0.6 is 15.9 Å². The van der Waals surface area contributed by atoms with Crippen molar-refractivity contribution in [3.8, 4) is 0 Å². The molecule has 6 heteroatoms. The molecule has 0 aliphatic rings. The number of nitrogens with two attached hydrogens (primary N) is 1. The molecule has 0 spiro atoms. The molecule has 0 aliphatic carbocycles. The lowest BCUT2D eigenvalue weighted by molar-refractivity contribution is -0.128. The first-order chi connectivity index (χ1) is 8.41. The van der Waals surface area contributed by atoms with E-state index in [2.05, 4.69) is 21.2 Å². The molecule has 0 aliphatic heterocycles. The third kappa shape index (κ3) is 4.03. The Labute approximate surface area is 114 Å². The number of hydrogen-bond acceptors (Lipinski definition) is 3. The van der Waals surface area contributed by atoms with Crippen molar-refractivity contribution in [2.24, 2.45) is 0 Å². The van der Waals surface area contributed by atoms with Gasteiger partial charge >= 0.3 is 0 Å². The van der Waals surface area contributed by atoms with Crippen LogP contribution in [0.25, 0.3) is 0 Å². The van der Waals surface area contributed by atoms with Crippen LogP contribution in [0.1, 0.15) is 16.8 Å². The highest BCUT2D eigenvalue weighted by Gasteiger charge is 2.08. The second-order valence-electron chi connectivity index (χ2n) is 4.03. The van der Waals surface area contributed by atoms with Crippen LogP contribution in [0.15, 0.2) is 22.7 Å².